The molecule has 6 nitrogen and oxygen atoms in total. The summed E-state index contributed by atoms with van der Waals surface area (Å²) < 4.78 is 16.3. The van der Waals surface area contributed by atoms with Crippen molar-refractivity contribution in [2.75, 3.05) is 46.5 Å². The number of nitrogens with zero attached hydrogens (tertiary/aromatic N) is 1. The van der Waals surface area contributed by atoms with Crippen molar-refractivity contribution in [3.05, 3.63) is 93.0 Å². The standard InChI is InChI=1S/C34H41ClN2O4/c1-24-19-33(32(35)20-29(24)21-36-22-34(38)39-4)41-23-28-11-8-13-31(26(28)3)30-12-7-10-27(25(30)2)9-5-6-14-37-15-17-40-18-16-37/h5,7-13,19-20,36H,6,14-18,21-23H2,1-4H3/b9-5+. The Hall–Kier alpha value is -3.16. The van der Waals surface area contributed by atoms with Crippen LogP contribution in [-0.4, -0.2) is 57.4 Å². The van der Waals surface area contributed by atoms with Crippen LogP contribution in [0.25, 0.3) is 17.2 Å². The highest BCUT2D eigenvalue weighted by Gasteiger charge is 2.13. The van der Waals surface area contributed by atoms with E-state index in [1.165, 1.54) is 34.9 Å². The molecule has 1 saturated heterocycles. The number of morpholine rings is 1. The van der Waals surface area contributed by atoms with Gasteiger partial charge in [0.25, 0.3) is 0 Å². The van der Waals surface area contributed by atoms with E-state index in [1.54, 1.807) is 0 Å². The van der Waals surface area contributed by atoms with E-state index in [0.717, 1.165) is 56.0 Å². The molecule has 0 unspecified atom stereocenters. The normalized spacial score (nSPS) is 14.0. The van der Waals surface area contributed by atoms with Crippen molar-refractivity contribution in [3.8, 4) is 16.9 Å². The molecule has 1 aliphatic heterocycles. The predicted molar refractivity (Wildman–Crippen MR) is 167 cm³/mol. The number of ether oxygens (including phenoxy) is 3. The summed E-state index contributed by atoms with van der Waals surface area (Å²) in [5, 5.41) is 3.62. The third-order valence-corrected chi connectivity index (χ3v) is 8.01. The molecule has 0 bridgehead atoms. The highest BCUT2D eigenvalue weighted by molar-refractivity contribution is 6.32. The SMILES string of the molecule is COC(=O)CNCc1cc(Cl)c(OCc2cccc(-c3cccc(/C=C/CCN4CCOCC4)c3C)c2C)cc1C. The molecule has 218 valence electrons. The Bertz CT molecular complexity index is 1370. The van der Waals surface area contributed by atoms with Gasteiger partial charge in [-0.1, -0.05) is 60.2 Å². The number of rotatable bonds is 12. The zero-order valence-corrected chi connectivity index (χ0v) is 25.4. The maximum Gasteiger partial charge on any atom is 0.319 e. The molecule has 0 aliphatic carbocycles. The second-order valence-electron chi connectivity index (χ2n) is 10.4. The molecule has 3 aromatic rings. The van der Waals surface area contributed by atoms with Gasteiger partial charge in [-0.25, -0.2) is 0 Å². The number of carbonyl (C=O) groups excluding carboxylic acids is 1. The molecule has 1 fully saturated rings. The minimum Gasteiger partial charge on any atom is -0.487 e. The Morgan fingerprint density at radius 2 is 1.76 bits per heavy atom. The topological polar surface area (TPSA) is 60.0 Å². The number of hydrogen-bond donors (Lipinski definition) is 1. The Kier molecular flexibility index (Phi) is 11.4. The summed E-state index contributed by atoms with van der Waals surface area (Å²) in [6.45, 7) is 12.2. The first-order valence-corrected chi connectivity index (χ1v) is 14.6. The first-order valence-electron chi connectivity index (χ1n) is 14.2. The van der Waals surface area contributed by atoms with Crippen molar-refractivity contribution < 1.29 is 19.0 Å². The zero-order valence-electron chi connectivity index (χ0n) is 24.6. The zero-order chi connectivity index (χ0) is 29.2. The van der Waals surface area contributed by atoms with Crippen LogP contribution in [0, 0.1) is 20.8 Å². The lowest BCUT2D eigenvalue weighted by Crippen LogP contribution is -2.36. The fourth-order valence-electron chi connectivity index (χ4n) is 5.07. The van der Waals surface area contributed by atoms with E-state index in [0.29, 0.717) is 23.9 Å². The summed E-state index contributed by atoms with van der Waals surface area (Å²) >= 11 is 6.58. The quantitative estimate of drug-likeness (QED) is 0.248. The number of aryl methyl sites for hydroxylation is 1. The lowest BCUT2D eigenvalue weighted by Gasteiger charge is -2.25. The summed E-state index contributed by atoms with van der Waals surface area (Å²) in [6.07, 6.45) is 5.56. The number of carbonyl (C=O) groups is 1. The molecule has 1 heterocycles. The van der Waals surface area contributed by atoms with Gasteiger partial charge >= 0.3 is 5.97 Å². The largest absolute Gasteiger partial charge is 0.487 e. The molecule has 0 aromatic heterocycles. The van der Waals surface area contributed by atoms with Crippen molar-refractivity contribution >= 4 is 23.6 Å². The van der Waals surface area contributed by atoms with Crippen molar-refractivity contribution in [1.29, 1.82) is 0 Å². The highest BCUT2D eigenvalue weighted by Crippen LogP contribution is 2.33. The molecule has 1 N–H and O–H groups in total. The average molecular weight is 577 g/mol. The lowest BCUT2D eigenvalue weighted by molar-refractivity contribution is -0.139. The van der Waals surface area contributed by atoms with E-state index < -0.39 is 0 Å². The van der Waals surface area contributed by atoms with Gasteiger partial charge in [0.05, 0.1) is 31.9 Å². The number of esters is 1. The summed E-state index contributed by atoms with van der Waals surface area (Å²) in [4.78, 5) is 13.8. The highest BCUT2D eigenvalue weighted by atomic mass is 35.5. The van der Waals surface area contributed by atoms with Crippen molar-refractivity contribution in [1.82, 2.24) is 10.2 Å². The molecule has 7 heteroatoms. The van der Waals surface area contributed by atoms with Crippen LogP contribution < -0.4 is 10.1 Å². The van der Waals surface area contributed by atoms with Gasteiger partial charge in [0, 0.05) is 26.2 Å². The first-order chi connectivity index (χ1) is 19.9. The Labute approximate surface area is 249 Å². The number of benzene rings is 3. The van der Waals surface area contributed by atoms with Crippen LogP contribution >= 0.6 is 11.6 Å². The van der Waals surface area contributed by atoms with Gasteiger partial charge in [-0.05, 0) is 83.8 Å². The van der Waals surface area contributed by atoms with Gasteiger partial charge in [0.1, 0.15) is 12.4 Å². The monoisotopic (exact) mass is 576 g/mol. The smallest absolute Gasteiger partial charge is 0.319 e. The average Bonchev–Trinajstić information content (AvgIpc) is 2.98. The summed E-state index contributed by atoms with van der Waals surface area (Å²) in [6, 6.07) is 16.7. The molecule has 0 spiro atoms. The molecular weight excluding hydrogens is 536 g/mol. The molecule has 0 atom stereocenters. The van der Waals surface area contributed by atoms with Crippen LogP contribution in [0.1, 0.15) is 39.8 Å². The fraction of sp³-hybridized carbons (Fsp3) is 0.382. The third-order valence-electron chi connectivity index (χ3n) is 7.71. The summed E-state index contributed by atoms with van der Waals surface area (Å²) in [7, 11) is 1.38. The fourth-order valence-corrected chi connectivity index (χ4v) is 5.31. The van der Waals surface area contributed by atoms with E-state index >= 15 is 0 Å². The first kappa shape index (κ1) is 30.8. The molecular formula is C34H41ClN2O4. The maximum atomic E-state index is 11.4. The number of hydrogen-bond acceptors (Lipinski definition) is 6. The second-order valence-corrected chi connectivity index (χ2v) is 10.8. The van der Waals surface area contributed by atoms with Gasteiger partial charge in [0.2, 0.25) is 0 Å². The van der Waals surface area contributed by atoms with Crippen LogP contribution in [0.4, 0.5) is 0 Å². The van der Waals surface area contributed by atoms with Crippen molar-refractivity contribution in [2.24, 2.45) is 0 Å². The van der Waals surface area contributed by atoms with Crippen molar-refractivity contribution in [2.45, 2.75) is 40.3 Å². The van der Waals surface area contributed by atoms with Gasteiger partial charge in [-0.3, -0.25) is 9.69 Å². The molecule has 4 rings (SSSR count). The molecule has 0 saturated carbocycles. The van der Waals surface area contributed by atoms with E-state index in [1.807, 2.05) is 19.1 Å². The molecule has 41 heavy (non-hydrogen) atoms. The number of halogens is 1. The molecule has 0 amide bonds. The third kappa shape index (κ3) is 8.43. The summed E-state index contributed by atoms with van der Waals surface area (Å²) in [5.74, 6) is 0.343. The summed E-state index contributed by atoms with van der Waals surface area (Å²) in [5.41, 5.74) is 9.32. The van der Waals surface area contributed by atoms with Gasteiger partial charge in [-0.15, -0.1) is 0 Å². The Morgan fingerprint density at radius 3 is 2.51 bits per heavy atom. The van der Waals surface area contributed by atoms with Gasteiger partial charge in [-0.2, -0.15) is 0 Å². The minimum absolute atomic E-state index is 0.148. The van der Waals surface area contributed by atoms with Crippen LogP contribution in [0.3, 0.4) is 0 Å². The lowest BCUT2D eigenvalue weighted by atomic mass is 9.91. The Morgan fingerprint density at radius 1 is 1.02 bits per heavy atom. The van der Waals surface area contributed by atoms with E-state index in [4.69, 9.17) is 21.1 Å². The number of nitrogens with one attached hydrogen (secondary N) is 1. The number of methoxy groups -OCH3 is 1. The van der Waals surface area contributed by atoms with Crippen LogP contribution in [-0.2, 0) is 27.4 Å². The van der Waals surface area contributed by atoms with Crippen LogP contribution in [0.5, 0.6) is 5.75 Å². The van der Waals surface area contributed by atoms with Crippen LogP contribution in [0.2, 0.25) is 5.02 Å². The molecule has 0 radical (unpaired) electrons. The van der Waals surface area contributed by atoms with Gasteiger partial charge in [0.15, 0.2) is 0 Å². The van der Waals surface area contributed by atoms with E-state index in [9.17, 15) is 4.79 Å². The van der Waals surface area contributed by atoms with E-state index in [2.05, 4.69) is 77.4 Å². The second kappa shape index (κ2) is 15.2. The maximum absolute atomic E-state index is 11.4. The molecule has 3 aromatic carbocycles. The Balaban J connectivity index is 1.42. The van der Waals surface area contributed by atoms with Crippen molar-refractivity contribution in [3.63, 3.8) is 0 Å². The predicted octanol–water partition coefficient (Wildman–Crippen LogP) is 6.51. The minimum atomic E-state index is -0.302. The van der Waals surface area contributed by atoms with Crippen LogP contribution in [0.15, 0.2) is 54.6 Å². The molecule has 1 aliphatic rings. The van der Waals surface area contributed by atoms with E-state index in [-0.39, 0.29) is 12.5 Å². The van der Waals surface area contributed by atoms with Gasteiger partial charge < -0.3 is 19.5 Å².